The lowest BCUT2D eigenvalue weighted by Gasteiger charge is -2.15. The van der Waals surface area contributed by atoms with E-state index in [9.17, 15) is 5.11 Å². The molecule has 0 bridgehead atoms. The van der Waals surface area contributed by atoms with Gasteiger partial charge in [0.25, 0.3) is 0 Å². The first kappa shape index (κ1) is 15.0. The highest BCUT2D eigenvalue weighted by atomic mass is 16.3. The third-order valence-corrected chi connectivity index (χ3v) is 4.70. The first-order valence-electron chi connectivity index (χ1n) is 8.48. The van der Waals surface area contributed by atoms with E-state index in [1.807, 2.05) is 16.5 Å². The van der Waals surface area contributed by atoms with E-state index in [1.54, 1.807) is 41.7 Å². The Balaban J connectivity index is 1.57. The van der Waals surface area contributed by atoms with Crippen LogP contribution < -0.4 is 5.73 Å². The molecular formula is C18H17N7O. The molecular weight excluding hydrogens is 330 g/mol. The van der Waals surface area contributed by atoms with Gasteiger partial charge in [-0.25, -0.2) is 9.67 Å². The Bertz CT molecular complexity index is 1080. The number of rotatable bonds is 4. The van der Waals surface area contributed by atoms with Crippen LogP contribution in [0.4, 0.5) is 5.69 Å². The maximum atomic E-state index is 11.0. The Hall–Kier alpha value is -3.26. The molecule has 1 atom stereocenters. The number of nitrogens with zero attached hydrogens (tertiary/aromatic N) is 6. The van der Waals surface area contributed by atoms with Crippen molar-refractivity contribution in [2.24, 2.45) is 0 Å². The van der Waals surface area contributed by atoms with Crippen LogP contribution in [0.2, 0.25) is 0 Å². The summed E-state index contributed by atoms with van der Waals surface area (Å²) in [5, 5.41) is 19.4. The Kier molecular flexibility index (Phi) is 3.26. The molecule has 3 N–H and O–H groups in total. The molecule has 8 nitrogen and oxygen atoms in total. The largest absolute Gasteiger partial charge is 0.399 e. The first-order chi connectivity index (χ1) is 12.7. The quantitative estimate of drug-likeness (QED) is 0.546. The van der Waals surface area contributed by atoms with Crippen molar-refractivity contribution in [3.05, 3.63) is 66.3 Å². The zero-order valence-corrected chi connectivity index (χ0v) is 13.9. The lowest BCUT2D eigenvalue weighted by molar-refractivity contribution is 0.206. The van der Waals surface area contributed by atoms with Crippen LogP contribution in [0.15, 0.2) is 49.2 Å². The van der Waals surface area contributed by atoms with Gasteiger partial charge in [-0.2, -0.15) is 0 Å². The average molecular weight is 347 g/mol. The minimum absolute atomic E-state index is 0.388. The van der Waals surface area contributed by atoms with E-state index in [1.165, 1.54) is 0 Å². The number of aliphatic hydroxyl groups excluding tert-OH is 1. The van der Waals surface area contributed by atoms with Gasteiger partial charge in [0.15, 0.2) is 0 Å². The second-order valence-electron chi connectivity index (χ2n) is 6.57. The predicted octanol–water partition coefficient (Wildman–Crippen LogP) is 1.85. The summed E-state index contributed by atoms with van der Waals surface area (Å²) in [7, 11) is 0. The molecule has 5 rings (SSSR count). The predicted molar refractivity (Wildman–Crippen MR) is 94.8 cm³/mol. The van der Waals surface area contributed by atoms with Crippen LogP contribution in [0.25, 0.3) is 11.2 Å². The molecule has 0 aliphatic heterocycles. The molecule has 3 heterocycles. The van der Waals surface area contributed by atoms with Crippen LogP contribution in [0, 0.1) is 0 Å². The third kappa shape index (κ3) is 2.42. The van der Waals surface area contributed by atoms with E-state index >= 15 is 0 Å². The molecule has 130 valence electrons. The number of hydrogen-bond acceptors (Lipinski definition) is 6. The van der Waals surface area contributed by atoms with E-state index in [-0.39, 0.29) is 0 Å². The maximum Gasteiger partial charge on any atom is 0.142 e. The molecule has 0 saturated heterocycles. The summed E-state index contributed by atoms with van der Waals surface area (Å²) in [4.78, 5) is 8.75. The van der Waals surface area contributed by atoms with Gasteiger partial charge < -0.3 is 10.8 Å². The van der Waals surface area contributed by atoms with Crippen LogP contribution in [0.5, 0.6) is 0 Å². The normalized spacial score (nSPS) is 15.4. The molecule has 1 saturated carbocycles. The number of aromatic nitrogens is 6. The van der Waals surface area contributed by atoms with Crippen molar-refractivity contribution in [2.45, 2.75) is 24.9 Å². The van der Waals surface area contributed by atoms with Crippen molar-refractivity contribution in [2.75, 3.05) is 5.73 Å². The monoisotopic (exact) mass is 347 g/mol. The topological polar surface area (TPSA) is 107 Å². The Morgan fingerprint density at radius 1 is 1.15 bits per heavy atom. The molecule has 0 radical (unpaired) electrons. The van der Waals surface area contributed by atoms with Crippen molar-refractivity contribution >= 4 is 11.2 Å². The number of nitrogens with two attached hydrogens (primary N) is 1. The van der Waals surface area contributed by atoms with Gasteiger partial charge in [-0.1, -0.05) is 5.21 Å². The zero-order valence-electron chi connectivity index (χ0n) is 13.9. The van der Waals surface area contributed by atoms with Crippen molar-refractivity contribution in [1.29, 1.82) is 0 Å². The lowest BCUT2D eigenvalue weighted by Crippen LogP contribution is -2.11. The van der Waals surface area contributed by atoms with Crippen molar-refractivity contribution in [1.82, 2.24) is 29.4 Å². The van der Waals surface area contributed by atoms with E-state index in [0.29, 0.717) is 23.0 Å². The average Bonchev–Trinajstić information content (AvgIpc) is 3.18. The Morgan fingerprint density at radius 2 is 1.96 bits per heavy atom. The van der Waals surface area contributed by atoms with Crippen LogP contribution in [-0.2, 0) is 0 Å². The summed E-state index contributed by atoms with van der Waals surface area (Å²) in [5.74, 6) is 0.388. The van der Waals surface area contributed by atoms with Gasteiger partial charge in [-0.15, -0.1) is 5.10 Å². The molecule has 26 heavy (non-hydrogen) atoms. The number of benzene rings is 1. The van der Waals surface area contributed by atoms with Crippen molar-refractivity contribution < 1.29 is 5.11 Å². The standard InChI is InChI=1S/C18H17N7O/c19-12-3-5-13(6-4-12)25-9-15(22-23-25)18(26)17-16(11-1-2-11)21-8-14-7-20-10-24(14)17/h3-11,18,26H,1-2,19H2/t18-/m0/s1. The van der Waals surface area contributed by atoms with Gasteiger partial charge in [0.05, 0.1) is 47.5 Å². The summed E-state index contributed by atoms with van der Waals surface area (Å²) < 4.78 is 3.50. The van der Waals surface area contributed by atoms with Crippen molar-refractivity contribution in [3.63, 3.8) is 0 Å². The van der Waals surface area contributed by atoms with Crippen LogP contribution >= 0.6 is 0 Å². The highest BCUT2D eigenvalue weighted by Gasteiger charge is 2.32. The molecule has 8 heteroatoms. The fourth-order valence-corrected chi connectivity index (χ4v) is 3.17. The van der Waals surface area contributed by atoms with E-state index in [4.69, 9.17) is 5.73 Å². The van der Waals surface area contributed by atoms with E-state index in [2.05, 4.69) is 20.3 Å². The first-order valence-corrected chi connectivity index (χ1v) is 8.48. The highest BCUT2D eigenvalue weighted by molar-refractivity contribution is 5.47. The molecule has 1 fully saturated rings. The smallest absolute Gasteiger partial charge is 0.142 e. The molecule has 1 aliphatic carbocycles. The Labute approximate surface area is 148 Å². The van der Waals surface area contributed by atoms with Crippen LogP contribution in [0.1, 0.15) is 41.9 Å². The molecule has 0 spiro atoms. The number of anilines is 1. The molecule has 0 unspecified atom stereocenters. The second kappa shape index (κ2) is 5.63. The number of hydrogen-bond donors (Lipinski definition) is 2. The number of nitrogen functional groups attached to an aromatic ring is 1. The molecule has 0 amide bonds. The minimum atomic E-state index is -0.932. The lowest BCUT2D eigenvalue weighted by atomic mass is 10.1. The van der Waals surface area contributed by atoms with E-state index < -0.39 is 6.10 Å². The minimum Gasteiger partial charge on any atom is -0.399 e. The molecule has 4 aromatic rings. The molecule has 1 aromatic carbocycles. The molecule has 3 aromatic heterocycles. The van der Waals surface area contributed by atoms with Gasteiger partial charge >= 0.3 is 0 Å². The summed E-state index contributed by atoms with van der Waals surface area (Å²) in [5.41, 5.74) is 10.2. The number of aliphatic hydroxyl groups is 1. The summed E-state index contributed by atoms with van der Waals surface area (Å²) in [6, 6.07) is 7.31. The van der Waals surface area contributed by atoms with Crippen molar-refractivity contribution in [3.8, 4) is 5.69 Å². The van der Waals surface area contributed by atoms with Crippen LogP contribution in [-0.4, -0.2) is 34.5 Å². The van der Waals surface area contributed by atoms with Gasteiger partial charge in [-0.05, 0) is 37.1 Å². The van der Waals surface area contributed by atoms with Gasteiger partial charge in [0, 0.05) is 11.6 Å². The SMILES string of the molecule is Nc1ccc(-n2cc([C@H](O)c3c(C4CC4)ncc4cncn34)nn2)cc1. The zero-order chi connectivity index (χ0) is 17.7. The van der Waals surface area contributed by atoms with E-state index in [0.717, 1.165) is 29.7 Å². The highest BCUT2D eigenvalue weighted by Crippen LogP contribution is 2.42. The third-order valence-electron chi connectivity index (χ3n) is 4.70. The maximum absolute atomic E-state index is 11.0. The summed E-state index contributed by atoms with van der Waals surface area (Å²) >= 11 is 0. The van der Waals surface area contributed by atoms with Crippen LogP contribution in [0.3, 0.4) is 0 Å². The summed E-state index contributed by atoms with van der Waals surface area (Å²) in [6.07, 6.45) is 8.19. The summed E-state index contributed by atoms with van der Waals surface area (Å²) in [6.45, 7) is 0. The second-order valence-corrected chi connectivity index (χ2v) is 6.57. The molecule has 1 aliphatic rings. The van der Waals surface area contributed by atoms with Gasteiger partial charge in [0.1, 0.15) is 11.8 Å². The van der Waals surface area contributed by atoms with Gasteiger partial charge in [0.2, 0.25) is 0 Å². The number of imidazole rings is 1. The number of fused-ring (bicyclic) bond motifs is 1. The fourth-order valence-electron chi connectivity index (χ4n) is 3.17. The Morgan fingerprint density at radius 3 is 2.73 bits per heavy atom. The fraction of sp³-hybridized carbons (Fsp3) is 0.222. The van der Waals surface area contributed by atoms with Gasteiger partial charge in [-0.3, -0.25) is 9.38 Å².